The molecule has 0 aliphatic carbocycles. The highest BCUT2D eigenvalue weighted by atomic mass is 19.1. The lowest BCUT2D eigenvalue weighted by Crippen LogP contribution is -2.56. The van der Waals surface area contributed by atoms with E-state index >= 15 is 0 Å². The first-order valence-corrected chi connectivity index (χ1v) is 6.22. The fraction of sp³-hybridized carbons (Fsp3) is 0.462. The number of benzene rings is 1. The van der Waals surface area contributed by atoms with Crippen LogP contribution < -0.4 is 10.2 Å². The molecule has 0 amide bonds. The van der Waals surface area contributed by atoms with Crippen molar-refractivity contribution >= 4 is 11.7 Å². The van der Waals surface area contributed by atoms with Crippen LogP contribution in [0.15, 0.2) is 18.2 Å². The number of hydrogen-bond acceptors (Lipinski definition) is 4. The Balaban J connectivity index is 2.26. The normalized spacial score (nSPS) is 19.3. The van der Waals surface area contributed by atoms with Crippen molar-refractivity contribution in [2.45, 2.75) is 13.0 Å². The molecule has 0 bridgehead atoms. The Bertz CT molecular complexity index is 468. The smallest absolute Gasteiger partial charge is 0.330 e. The van der Waals surface area contributed by atoms with Gasteiger partial charge in [-0.3, -0.25) is 0 Å². The number of esters is 1. The maximum atomic E-state index is 13.8. The molecule has 1 heterocycles. The van der Waals surface area contributed by atoms with Crippen LogP contribution in [0.3, 0.4) is 0 Å². The molecule has 0 saturated carbocycles. The molecule has 0 aromatic heterocycles. The molecule has 1 atom stereocenters. The fourth-order valence-electron chi connectivity index (χ4n) is 2.16. The van der Waals surface area contributed by atoms with Crippen LogP contribution in [-0.2, 0) is 9.53 Å². The summed E-state index contributed by atoms with van der Waals surface area (Å²) in [4.78, 5) is 13.5. The minimum Gasteiger partial charge on any atom is -0.464 e. The average Bonchev–Trinajstić information content (AvgIpc) is 2.39. The summed E-state index contributed by atoms with van der Waals surface area (Å²) in [5, 5.41) is 3.07. The Morgan fingerprint density at radius 1 is 1.53 bits per heavy atom. The Hall–Kier alpha value is -1.69. The molecule has 1 aromatic rings. The van der Waals surface area contributed by atoms with Crippen LogP contribution >= 0.6 is 0 Å². The van der Waals surface area contributed by atoms with Crippen molar-refractivity contribution < 1.29 is 18.3 Å². The monoisotopic (exact) mass is 270 g/mol. The molecule has 6 heteroatoms. The van der Waals surface area contributed by atoms with Crippen molar-refractivity contribution in [3.63, 3.8) is 0 Å². The van der Waals surface area contributed by atoms with Crippen LogP contribution in [0.1, 0.15) is 6.92 Å². The third-order valence-electron chi connectivity index (χ3n) is 3.02. The summed E-state index contributed by atoms with van der Waals surface area (Å²) in [6, 6.07) is 2.76. The van der Waals surface area contributed by atoms with Crippen LogP contribution in [0.4, 0.5) is 14.5 Å². The third kappa shape index (κ3) is 3.01. The minimum absolute atomic E-state index is 0.223. The molecule has 2 rings (SSSR count). The van der Waals surface area contributed by atoms with Crippen LogP contribution in [0, 0.1) is 11.6 Å². The van der Waals surface area contributed by atoms with E-state index in [1.807, 2.05) is 0 Å². The minimum atomic E-state index is -0.670. The molecule has 1 aromatic carbocycles. The average molecular weight is 270 g/mol. The number of anilines is 1. The summed E-state index contributed by atoms with van der Waals surface area (Å²) in [7, 11) is 0. The number of nitrogens with one attached hydrogen (secondary N) is 1. The number of carbonyl (C=O) groups excluding carboxylic acids is 1. The lowest BCUT2D eigenvalue weighted by atomic mass is 10.1. The highest BCUT2D eigenvalue weighted by Crippen LogP contribution is 2.23. The molecule has 1 unspecified atom stereocenters. The Morgan fingerprint density at radius 2 is 2.32 bits per heavy atom. The number of hydrogen-bond donors (Lipinski definition) is 1. The Kier molecular flexibility index (Phi) is 4.31. The first-order chi connectivity index (χ1) is 9.13. The molecule has 0 radical (unpaired) electrons. The van der Waals surface area contributed by atoms with Crippen molar-refractivity contribution in [1.29, 1.82) is 0 Å². The zero-order valence-electron chi connectivity index (χ0n) is 10.7. The van der Waals surface area contributed by atoms with Gasteiger partial charge < -0.3 is 15.0 Å². The molecular formula is C13H16F2N2O2. The molecule has 0 spiro atoms. The van der Waals surface area contributed by atoms with Crippen LogP contribution in [0.2, 0.25) is 0 Å². The van der Waals surface area contributed by atoms with Gasteiger partial charge in [0, 0.05) is 25.7 Å². The van der Waals surface area contributed by atoms with Gasteiger partial charge in [-0.25, -0.2) is 13.6 Å². The molecule has 1 aliphatic heterocycles. The second kappa shape index (κ2) is 5.97. The molecule has 1 fully saturated rings. The van der Waals surface area contributed by atoms with Crippen molar-refractivity contribution in [2.24, 2.45) is 0 Å². The number of ether oxygens (including phenoxy) is 1. The van der Waals surface area contributed by atoms with Gasteiger partial charge in [0.1, 0.15) is 17.7 Å². The zero-order chi connectivity index (χ0) is 13.8. The summed E-state index contributed by atoms with van der Waals surface area (Å²) in [6.45, 7) is 3.47. The predicted octanol–water partition coefficient (Wildman–Crippen LogP) is 1.31. The van der Waals surface area contributed by atoms with Gasteiger partial charge in [-0.05, 0) is 19.1 Å². The van der Waals surface area contributed by atoms with Crippen molar-refractivity contribution in [3.8, 4) is 0 Å². The standard InChI is InChI=1S/C13H16F2N2O2/c1-2-19-13(18)12-8-16-5-6-17(12)11-4-3-9(14)7-10(11)15/h3-4,7,12,16H,2,5-6,8H2,1H3. The molecule has 1 aliphatic rings. The van der Waals surface area contributed by atoms with E-state index in [-0.39, 0.29) is 12.3 Å². The third-order valence-corrected chi connectivity index (χ3v) is 3.02. The molecule has 19 heavy (non-hydrogen) atoms. The summed E-state index contributed by atoms with van der Waals surface area (Å²) in [6.07, 6.45) is 0. The number of carbonyl (C=O) groups is 1. The van der Waals surface area contributed by atoms with E-state index in [0.29, 0.717) is 19.6 Å². The molecule has 104 valence electrons. The van der Waals surface area contributed by atoms with Crippen LogP contribution in [0.25, 0.3) is 0 Å². The van der Waals surface area contributed by atoms with E-state index in [0.717, 1.165) is 6.07 Å². The second-order valence-electron chi connectivity index (χ2n) is 4.26. The van der Waals surface area contributed by atoms with Gasteiger partial charge in [0.25, 0.3) is 0 Å². The van der Waals surface area contributed by atoms with Gasteiger partial charge in [0.2, 0.25) is 0 Å². The van der Waals surface area contributed by atoms with Crippen LogP contribution in [-0.4, -0.2) is 38.3 Å². The molecule has 1 N–H and O–H groups in total. The number of rotatable bonds is 3. The largest absolute Gasteiger partial charge is 0.464 e. The van der Waals surface area contributed by atoms with E-state index < -0.39 is 23.6 Å². The highest BCUT2D eigenvalue weighted by molar-refractivity contribution is 5.81. The first kappa shape index (κ1) is 13.7. The van der Waals surface area contributed by atoms with Gasteiger partial charge in [-0.2, -0.15) is 0 Å². The van der Waals surface area contributed by atoms with E-state index in [9.17, 15) is 13.6 Å². The number of piperazine rings is 1. The zero-order valence-corrected chi connectivity index (χ0v) is 10.7. The topological polar surface area (TPSA) is 41.6 Å². The van der Waals surface area contributed by atoms with Gasteiger partial charge >= 0.3 is 5.97 Å². The predicted molar refractivity (Wildman–Crippen MR) is 67.0 cm³/mol. The van der Waals surface area contributed by atoms with E-state index in [4.69, 9.17) is 4.74 Å². The number of halogens is 2. The maximum absolute atomic E-state index is 13.8. The van der Waals surface area contributed by atoms with Crippen molar-refractivity contribution in [1.82, 2.24) is 5.32 Å². The van der Waals surface area contributed by atoms with Crippen molar-refractivity contribution in [2.75, 3.05) is 31.1 Å². The van der Waals surface area contributed by atoms with Crippen LogP contribution in [0.5, 0.6) is 0 Å². The Morgan fingerprint density at radius 3 is 3.00 bits per heavy atom. The second-order valence-corrected chi connectivity index (χ2v) is 4.26. The highest BCUT2D eigenvalue weighted by Gasteiger charge is 2.31. The summed E-state index contributed by atoms with van der Waals surface area (Å²) >= 11 is 0. The maximum Gasteiger partial charge on any atom is 0.330 e. The molecule has 1 saturated heterocycles. The fourth-order valence-corrected chi connectivity index (χ4v) is 2.16. The van der Waals surface area contributed by atoms with Gasteiger partial charge in [-0.1, -0.05) is 0 Å². The molecular weight excluding hydrogens is 254 g/mol. The Labute approximate surface area is 110 Å². The van der Waals surface area contributed by atoms with E-state index in [2.05, 4.69) is 5.32 Å². The van der Waals surface area contributed by atoms with Gasteiger partial charge in [0.15, 0.2) is 0 Å². The summed E-state index contributed by atoms with van der Waals surface area (Å²) < 4.78 is 31.7. The molecule has 4 nitrogen and oxygen atoms in total. The number of nitrogens with zero attached hydrogens (tertiary/aromatic N) is 1. The first-order valence-electron chi connectivity index (χ1n) is 6.22. The SMILES string of the molecule is CCOC(=O)C1CNCCN1c1ccc(F)cc1F. The van der Waals surface area contributed by atoms with E-state index in [1.54, 1.807) is 11.8 Å². The van der Waals surface area contributed by atoms with Gasteiger partial charge in [0.05, 0.1) is 12.3 Å². The van der Waals surface area contributed by atoms with E-state index in [1.165, 1.54) is 12.1 Å². The van der Waals surface area contributed by atoms with Gasteiger partial charge in [-0.15, -0.1) is 0 Å². The summed E-state index contributed by atoms with van der Waals surface area (Å²) in [5.41, 5.74) is 0.223. The quantitative estimate of drug-likeness (QED) is 0.841. The van der Waals surface area contributed by atoms with Crippen molar-refractivity contribution in [3.05, 3.63) is 29.8 Å². The lowest BCUT2D eigenvalue weighted by Gasteiger charge is -2.36. The lowest BCUT2D eigenvalue weighted by molar-refractivity contribution is -0.144. The summed E-state index contributed by atoms with van der Waals surface area (Å²) in [5.74, 6) is -1.71.